The van der Waals surface area contributed by atoms with Gasteiger partial charge in [0.15, 0.2) is 5.82 Å². The van der Waals surface area contributed by atoms with E-state index in [4.69, 9.17) is 4.98 Å². The SMILES string of the molecule is Cc1nc(C(C)C)nc2c1NCC1[C@H]3CCC(CN21)N3. The lowest BCUT2D eigenvalue weighted by atomic mass is 10.0. The predicted octanol–water partition coefficient (Wildman–Crippen LogP) is 1.64. The first kappa shape index (κ1) is 12.4. The molecule has 5 nitrogen and oxygen atoms in total. The Labute approximate surface area is 120 Å². The monoisotopic (exact) mass is 273 g/mol. The quantitative estimate of drug-likeness (QED) is 0.815. The van der Waals surface area contributed by atoms with Crippen LogP contribution in [-0.4, -0.2) is 41.2 Å². The van der Waals surface area contributed by atoms with Gasteiger partial charge in [-0.15, -0.1) is 0 Å². The van der Waals surface area contributed by atoms with Crippen molar-refractivity contribution in [2.45, 2.75) is 57.7 Å². The average Bonchev–Trinajstić information content (AvgIpc) is 2.81. The van der Waals surface area contributed by atoms with Crippen LogP contribution in [0, 0.1) is 6.92 Å². The van der Waals surface area contributed by atoms with Gasteiger partial charge in [-0.25, -0.2) is 9.97 Å². The lowest BCUT2D eigenvalue weighted by Crippen LogP contribution is -2.62. The first-order valence-electron chi connectivity index (χ1n) is 7.78. The van der Waals surface area contributed by atoms with Crippen molar-refractivity contribution in [1.29, 1.82) is 0 Å². The number of hydrogen-bond donors (Lipinski definition) is 2. The minimum Gasteiger partial charge on any atom is -0.378 e. The van der Waals surface area contributed by atoms with E-state index in [0.29, 0.717) is 24.0 Å². The molecule has 1 aromatic heterocycles. The third-order valence-electron chi connectivity index (χ3n) is 4.92. The van der Waals surface area contributed by atoms with Gasteiger partial charge in [0.1, 0.15) is 5.82 Å². The van der Waals surface area contributed by atoms with Gasteiger partial charge in [-0.3, -0.25) is 0 Å². The number of aromatic nitrogens is 2. The number of nitrogens with one attached hydrogen (secondary N) is 2. The lowest BCUT2D eigenvalue weighted by molar-refractivity contribution is 0.379. The van der Waals surface area contributed by atoms with E-state index in [0.717, 1.165) is 36.1 Å². The van der Waals surface area contributed by atoms with E-state index >= 15 is 0 Å². The van der Waals surface area contributed by atoms with Gasteiger partial charge in [-0.2, -0.15) is 0 Å². The van der Waals surface area contributed by atoms with Crippen molar-refractivity contribution in [3.8, 4) is 0 Å². The van der Waals surface area contributed by atoms with Crippen LogP contribution < -0.4 is 15.5 Å². The fourth-order valence-electron chi connectivity index (χ4n) is 3.84. The van der Waals surface area contributed by atoms with Gasteiger partial charge in [-0.1, -0.05) is 13.8 Å². The summed E-state index contributed by atoms with van der Waals surface area (Å²) < 4.78 is 0. The van der Waals surface area contributed by atoms with Crippen LogP contribution in [0.4, 0.5) is 11.5 Å². The van der Waals surface area contributed by atoms with Gasteiger partial charge in [0.25, 0.3) is 0 Å². The molecule has 4 rings (SSSR count). The van der Waals surface area contributed by atoms with Crippen molar-refractivity contribution in [3.05, 3.63) is 11.5 Å². The molecule has 2 saturated heterocycles. The molecular weight excluding hydrogens is 250 g/mol. The number of rotatable bonds is 1. The molecule has 2 fully saturated rings. The zero-order chi connectivity index (χ0) is 13.9. The highest BCUT2D eigenvalue weighted by Gasteiger charge is 2.43. The van der Waals surface area contributed by atoms with Gasteiger partial charge in [0.2, 0.25) is 0 Å². The zero-order valence-electron chi connectivity index (χ0n) is 12.5. The number of fused-ring (bicyclic) bond motifs is 6. The minimum absolute atomic E-state index is 0.374. The van der Waals surface area contributed by atoms with Crippen LogP contribution in [0.1, 0.15) is 44.1 Å². The van der Waals surface area contributed by atoms with Gasteiger partial charge >= 0.3 is 0 Å². The topological polar surface area (TPSA) is 53.1 Å². The molecule has 3 aliphatic heterocycles. The summed E-state index contributed by atoms with van der Waals surface area (Å²) in [6.45, 7) is 8.51. The molecule has 1 aromatic rings. The highest BCUT2D eigenvalue weighted by atomic mass is 15.3. The first-order chi connectivity index (χ1) is 9.63. The van der Waals surface area contributed by atoms with E-state index in [1.165, 1.54) is 12.8 Å². The van der Waals surface area contributed by atoms with Crippen LogP contribution in [0.3, 0.4) is 0 Å². The van der Waals surface area contributed by atoms with Crippen LogP contribution in [0.2, 0.25) is 0 Å². The second-order valence-electron chi connectivity index (χ2n) is 6.67. The molecule has 2 N–H and O–H groups in total. The number of aryl methyl sites for hydroxylation is 1. The van der Waals surface area contributed by atoms with E-state index in [-0.39, 0.29) is 0 Å². The minimum atomic E-state index is 0.374. The smallest absolute Gasteiger partial charge is 0.156 e. The summed E-state index contributed by atoms with van der Waals surface area (Å²) in [7, 11) is 0. The van der Waals surface area contributed by atoms with Crippen molar-refractivity contribution < 1.29 is 0 Å². The van der Waals surface area contributed by atoms with Crippen LogP contribution in [0.15, 0.2) is 0 Å². The van der Waals surface area contributed by atoms with Crippen LogP contribution >= 0.6 is 0 Å². The van der Waals surface area contributed by atoms with Gasteiger partial charge in [0.05, 0.1) is 17.4 Å². The van der Waals surface area contributed by atoms with Crippen LogP contribution in [-0.2, 0) is 0 Å². The van der Waals surface area contributed by atoms with Gasteiger partial charge in [-0.05, 0) is 19.8 Å². The summed E-state index contributed by atoms with van der Waals surface area (Å²) in [5, 5.41) is 7.32. The second kappa shape index (κ2) is 4.32. The first-order valence-corrected chi connectivity index (χ1v) is 7.78. The Bertz CT molecular complexity index is 541. The normalized spacial score (nSPS) is 31.0. The fraction of sp³-hybridized carbons (Fsp3) is 0.733. The molecule has 2 unspecified atom stereocenters. The standard InChI is InChI=1S/C15H23N5/c1-8(2)14-17-9(3)13-15(19-14)20-7-10-4-5-11(18-10)12(20)6-16-13/h8,10-12,16,18H,4-7H2,1-3H3/t10?,11-,12?/m1/s1. The van der Waals surface area contributed by atoms with Crippen molar-refractivity contribution >= 4 is 11.5 Å². The Balaban J connectivity index is 1.79. The molecule has 0 spiro atoms. The zero-order valence-corrected chi connectivity index (χ0v) is 12.5. The Kier molecular flexibility index (Phi) is 2.67. The maximum Gasteiger partial charge on any atom is 0.156 e. The summed E-state index contributed by atoms with van der Waals surface area (Å²) in [5.41, 5.74) is 2.23. The summed E-state index contributed by atoms with van der Waals surface area (Å²) in [5.74, 6) is 2.48. The maximum atomic E-state index is 4.88. The third-order valence-corrected chi connectivity index (χ3v) is 4.92. The molecule has 0 aliphatic carbocycles. The molecular formula is C15H23N5. The van der Waals surface area contributed by atoms with Crippen molar-refractivity contribution in [1.82, 2.24) is 15.3 Å². The molecule has 3 atom stereocenters. The summed E-state index contributed by atoms with van der Waals surface area (Å²) >= 11 is 0. The Morgan fingerprint density at radius 3 is 2.90 bits per heavy atom. The molecule has 3 aliphatic rings. The number of hydrogen-bond acceptors (Lipinski definition) is 5. The van der Waals surface area contributed by atoms with E-state index in [9.17, 15) is 0 Å². The molecule has 0 aromatic carbocycles. The number of nitrogens with zero attached hydrogens (tertiary/aromatic N) is 3. The molecule has 5 heteroatoms. The molecule has 0 saturated carbocycles. The molecule has 20 heavy (non-hydrogen) atoms. The second-order valence-corrected chi connectivity index (χ2v) is 6.67. The Morgan fingerprint density at radius 2 is 2.10 bits per heavy atom. The number of piperazine rings is 1. The highest BCUT2D eigenvalue weighted by molar-refractivity contribution is 5.71. The van der Waals surface area contributed by atoms with E-state index < -0.39 is 0 Å². The van der Waals surface area contributed by atoms with E-state index in [1.54, 1.807) is 0 Å². The van der Waals surface area contributed by atoms with Crippen LogP contribution in [0.25, 0.3) is 0 Å². The molecule has 0 radical (unpaired) electrons. The summed E-state index contributed by atoms with van der Waals surface area (Å²) in [6.07, 6.45) is 2.60. The van der Waals surface area contributed by atoms with Crippen molar-refractivity contribution in [2.75, 3.05) is 23.3 Å². The van der Waals surface area contributed by atoms with Gasteiger partial charge in [0, 0.05) is 31.1 Å². The maximum absolute atomic E-state index is 4.88. The van der Waals surface area contributed by atoms with E-state index in [1.807, 2.05) is 0 Å². The molecule has 108 valence electrons. The number of anilines is 2. The lowest BCUT2D eigenvalue weighted by Gasteiger charge is -2.45. The molecule has 4 heterocycles. The third kappa shape index (κ3) is 1.72. The summed E-state index contributed by atoms with van der Waals surface area (Å²) in [4.78, 5) is 12.1. The van der Waals surface area contributed by atoms with E-state index in [2.05, 4.69) is 41.3 Å². The predicted molar refractivity (Wildman–Crippen MR) is 80.4 cm³/mol. The largest absolute Gasteiger partial charge is 0.378 e. The van der Waals surface area contributed by atoms with Crippen LogP contribution in [0.5, 0.6) is 0 Å². The average molecular weight is 273 g/mol. The summed E-state index contributed by atoms with van der Waals surface area (Å²) in [6, 6.07) is 1.79. The fourth-order valence-corrected chi connectivity index (χ4v) is 3.84. The Hall–Kier alpha value is -1.36. The van der Waals surface area contributed by atoms with Crippen molar-refractivity contribution in [3.63, 3.8) is 0 Å². The Morgan fingerprint density at radius 1 is 1.25 bits per heavy atom. The molecule has 0 amide bonds. The molecule has 2 bridgehead atoms. The van der Waals surface area contributed by atoms with Gasteiger partial charge < -0.3 is 15.5 Å². The highest BCUT2D eigenvalue weighted by Crippen LogP contribution is 2.38. The van der Waals surface area contributed by atoms with Crippen molar-refractivity contribution in [2.24, 2.45) is 0 Å².